The van der Waals surface area contributed by atoms with E-state index in [1.54, 1.807) is 7.11 Å². The van der Waals surface area contributed by atoms with Gasteiger partial charge in [-0.3, -0.25) is 4.99 Å². The topological polar surface area (TPSA) is 63.9 Å². The highest BCUT2D eigenvalue weighted by Gasteiger charge is 2.28. The molecule has 3 rings (SSSR count). The Morgan fingerprint density at radius 3 is 2.83 bits per heavy atom. The predicted molar refractivity (Wildman–Crippen MR) is 120 cm³/mol. The second kappa shape index (κ2) is 11.6. The summed E-state index contributed by atoms with van der Waals surface area (Å²) < 4.78 is 13.2. The molecule has 1 aromatic carbocycles. The molecule has 1 aliphatic rings. The Hall–Kier alpha value is -2.54. The number of benzene rings is 1. The average molecular weight is 414 g/mol. The highest BCUT2D eigenvalue weighted by Crippen LogP contribution is 2.27. The SMILES string of the molecule is CCNC(=NCCCOCc1ccc(OC)cc1)N1CCC(C)C(n2ccnc2)C1. The van der Waals surface area contributed by atoms with Gasteiger partial charge < -0.3 is 24.3 Å². The quantitative estimate of drug-likeness (QED) is 0.388. The van der Waals surface area contributed by atoms with Crippen LogP contribution in [0.25, 0.3) is 0 Å². The summed E-state index contributed by atoms with van der Waals surface area (Å²) in [6.07, 6.45) is 7.90. The molecule has 0 bridgehead atoms. The molecule has 2 aromatic rings. The monoisotopic (exact) mass is 413 g/mol. The molecule has 1 aromatic heterocycles. The van der Waals surface area contributed by atoms with E-state index in [0.717, 1.165) is 56.3 Å². The largest absolute Gasteiger partial charge is 0.497 e. The number of aromatic nitrogens is 2. The van der Waals surface area contributed by atoms with Crippen molar-refractivity contribution in [1.29, 1.82) is 0 Å². The van der Waals surface area contributed by atoms with Gasteiger partial charge in [0.25, 0.3) is 0 Å². The third-order valence-electron chi connectivity index (χ3n) is 5.60. The minimum atomic E-state index is 0.429. The zero-order valence-electron chi connectivity index (χ0n) is 18.5. The summed E-state index contributed by atoms with van der Waals surface area (Å²) in [6, 6.07) is 8.42. The van der Waals surface area contributed by atoms with E-state index >= 15 is 0 Å². The zero-order valence-corrected chi connectivity index (χ0v) is 18.5. The first-order valence-electron chi connectivity index (χ1n) is 10.9. The summed E-state index contributed by atoms with van der Waals surface area (Å²) in [5, 5.41) is 3.46. The van der Waals surface area contributed by atoms with E-state index in [1.165, 1.54) is 0 Å². The number of nitrogens with zero attached hydrogens (tertiary/aromatic N) is 4. The molecular weight excluding hydrogens is 378 g/mol. The maximum absolute atomic E-state index is 5.81. The molecule has 2 heterocycles. The molecule has 0 spiro atoms. The van der Waals surface area contributed by atoms with Gasteiger partial charge in [0.1, 0.15) is 5.75 Å². The van der Waals surface area contributed by atoms with E-state index < -0.39 is 0 Å². The number of hydrogen-bond donors (Lipinski definition) is 1. The van der Waals surface area contributed by atoms with E-state index in [2.05, 4.69) is 39.8 Å². The number of piperidine rings is 1. The smallest absolute Gasteiger partial charge is 0.193 e. The van der Waals surface area contributed by atoms with E-state index in [0.29, 0.717) is 25.2 Å². The van der Waals surface area contributed by atoms with Gasteiger partial charge in [0.2, 0.25) is 0 Å². The fraction of sp³-hybridized carbons (Fsp3) is 0.565. The van der Waals surface area contributed by atoms with Gasteiger partial charge in [-0.1, -0.05) is 19.1 Å². The number of ether oxygens (including phenoxy) is 2. The first kappa shape index (κ1) is 22.2. The average Bonchev–Trinajstić information content (AvgIpc) is 3.31. The molecule has 2 atom stereocenters. The molecule has 0 aliphatic carbocycles. The molecular formula is C23H35N5O2. The minimum absolute atomic E-state index is 0.429. The summed E-state index contributed by atoms with van der Waals surface area (Å²) in [4.78, 5) is 11.5. The Morgan fingerprint density at radius 2 is 2.13 bits per heavy atom. The summed E-state index contributed by atoms with van der Waals surface area (Å²) in [7, 11) is 1.68. The summed E-state index contributed by atoms with van der Waals surface area (Å²) in [6.45, 7) is 9.37. The maximum Gasteiger partial charge on any atom is 0.193 e. The molecule has 0 amide bonds. The standard InChI is InChI=1S/C23H35N5O2/c1-4-25-23(27-13-10-19(2)22(16-27)28-14-12-24-18-28)26-11-5-15-30-17-20-6-8-21(29-3)9-7-20/h6-9,12,14,18-19,22H,4-5,10-11,13,15-17H2,1-3H3,(H,25,26). The van der Waals surface area contributed by atoms with E-state index in [9.17, 15) is 0 Å². The lowest BCUT2D eigenvalue weighted by atomic mass is 9.93. The number of likely N-dealkylation sites (tertiary alicyclic amines) is 1. The number of hydrogen-bond acceptors (Lipinski definition) is 4. The number of guanidine groups is 1. The third kappa shape index (κ3) is 6.23. The number of methoxy groups -OCH3 is 1. The molecule has 1 N–H and O–H groups in total. The molecule has 1 fully saturated rings. The number of rotatable bonds is 9. The van der Waals surface area contributed by atoms with E-state index in [-0.39, 0.29) is 0 Å². The first-order chi connectivity index (χ1) is 14.7. The van der Waals surface area contributed by atoms with Gasteiger partial charge in [0.15, 0.2) is 5.96 Å². The Balaban J connectivity index is 1.45. The Kier molecular flexibility index (Phi) is 8.56. The van der Waals surface area contributed by atoms with Crippen LogP contribution in [0, 0.1) is 5.92 Å². The summed E-state index contributed by atoms with van der Waals surface area (Å²) in [5.74, 6) is 2.50. The fourth-order valence-electron chi connectivity index (χ4n) is 3.78. The molecule has 164 valence electrons. The molecule has 1 aliphatic heterocycles. The van der Waals surface area contributed by atoms with Crippen molar-refractivity contribution in [1.82, 2.24) is 19.8 Å². The van der Waals surface area contributed by atoms with Gasteiger partial charge >= 0.3 is 0 Å². The van der Waals surface area contributed by atoms with Crippen LogP contribution in [-0.2, 0) is 11.3 Å². The molecule has 7 heteroatoms. The van der Waals surface area contributed by atoms with Crippen LogP contribution in [0.3, 0.4) is 0 Å². The molecule has 2 unspecified atom stereocenters. The molecule has 7 nitrogen and oxygen atoms in total. The lowest BCUT2D eigenvalue weighted by Gasteiger charge is -2.39. The Bertz CT molecular complexity index is 760. The van der Waals surface area contributed by atoms with Crippen molar-refractivity contribution in [3.63, 3.8) is 0 Å². The lowest BCUT2D eigenvalue weighted by Crippen LogP contribution is -2.49. The number of aliphatic imine (C=N–C) groups is 1. The van der Waals surface area contributed by atoms with Crippen LogP contribution in [0.15, 0.2) is 48.0 Å². The van der Waals surface area contributed by atoms with Crippen LogP contribution < -0.4 is 10.1 Å². The molecule has 0 saturated carbocycles. The summed E-state index contributed by atoms with van der Waals surface area (Å²) >= 11 is 0. The van der Waals surface area contributed by atoms with Gasteiger partial charge in [0.05, 0.1) is 26.1 Å². The lowest BCUT2D eigenvalue weighted by molar-refractivity contribution is 0.120. The molecule has 30 heavy (non-hydrogen) atoms. The molecule has 1 saturated heterocycles. The van der Waals surface area contributed by atoms with Crippen LogP contribution in [0.2, 0.25) is 0 Å². The minimum Gasteiger partial charge on any atom is -0.497 e. The first-order valence-corrected chi connectivity index (χ1v) is 10.9. The van der Waals surface area contributed by atoms with E-state index in [1.807, 2.05) is 36.8 Å². The van der Waals surface area contributed by atoms with Gasteiger partial charge in [0, 0.05) is 45.2 Å². The second-order valence-corrected chi connectivity index (χ2v) is 7.78. The van der Waals surface area contributed by atoms with Crippen molar-refractivity contribution in [2.75, 3.05) is 39.9 Å². The van der Waals surface area contributed by atoms with Crippen LogP contribution in [0.1, 0.15) is 38.3 Å². The van der Waals surface area contributed by atoms with Gasteiger partial charge in [-0.25, -0.2) is 4.98 Å². The Morgan fingerprint density at radius 1 is 1.30 bits per heavy atom. The number of nitrogens with one attached hydrogen (secondary N) is 1. The highest BCUT2D eigenvalue weighted by molar-refractivity contribution is 5.80. The van der Waals surface area contributed by atoms with Gasteiger partial charge in [-0.15, -0.1) is 0 Å². The van der Waals surface area contributed by atoms with Crippen molar-refractivity contribution in [2.24, 2.45) is 10.9 Å². The van der Waals surface area contributed by atoms with E-state index in [4.69, 9.17) is 14.5 Å². The van der Waals surface area contributed by atoms with Crippen molar-refractivity contribution < 1.29 is 9.47 Å². The van der Waals surface area contributed by atoms with Crippen LogP contribution >= 0.6 is 0 Å². The predicted octanol–water partition coefficient (Wildman–Crippen LogP) is 3.35. The Labute approximate surface area is 180 Å². The van der Waals surface area contributed by atoms with Crippen molar-refractivity contribution in [2.45, 2.75) is 39.3 Å². The maximum atomic E-state index is 5.81. The van der Waals surface area contributed by atoms with Crippen molar-refractivity contribution in [3.8, 4) is 5.75 Å². The molecule has 0 radical (unpaired) electrons. The fourth-order valence-corrected chi connectivity index (χ4v) is 3.78. The van der Waals surface area contributed by atoms with Gasteiger partial charge in [-0.2, -0.15) is 0 Å². The van der Waals surface area contributed by atoms with Crippen molar-refractivity contribution in [3.05, 3.63) is 48.5 Å². The summed E-state index contributed by atoms with van der Waals surface area (Å²) in [5.41, 5.74) is 1.15. The van der Waals surface area contributed by atoms with Crippen LogP contribution in [0.4, 0.5) is 0 Å². The van der Waals surface area contributed by atoms with Gasteiger partial charge in [-0.05, 0) is 43.4 Å². The van der Waals surface area contributed by atoms with Crippen LogP contribution in [-0.4, -0.2) is 60.3 Å². The number of imidazole rings is 1. The van der Waals surface area contributed by atoms with Crippen LogP contribution in [0.5, 0.6) is 5.75 Å². The normalized spacial score (nSPS) is 19.7. The highest BCUT2D eigenvalue weighted by atomic mass is 16.5. The zero-order chi connectivity index (χ0) is 21.2. The third-order valence-corrected chi connectivity index (χ3v) is 5.60. The van der Waals surface area contributed by atoms with Crippen molar-refractivity contribution >= 4 is 5.96 Å². The second-order valence-electron chi connectivity index (χ2n) is 7.78.